The van der Waals surface area contributed by atoms with Crippen molar-refractivity contribution in [2.24, 2.45) is 5.92 Å². The van der Waals surface area contributed by atoms with E-state index < -0.39 is 11.7 Å². The Hall–Kier alpha value is -2.35. The number of aromatic nitrogens is 2. The molecule has 6 nitrogen and oxygen atoms in total. The zero-order valence-electron chi connectivity index (χ0n) is 15.4. The molecule has 1 N–H and O–H groups in total. The highest BCUT2D eigenvalue weighted by molar-refractivity contribution is 7.13. The molecule has 0 bridgehead atoms. The summed E-state index contributed by atoms with van der Waals surface area (Å²) in [6, 6.07) is 5.56. The second-order valence-corrected chi connectivity index (χ2v) is 7.62. The highest BCUT2D eigenvalue weighted by atomic mass is 32.1. The van der Waals surface area contributed by atoms with E-state index in [2.05, 4.69) is 15.5 Å². The molecular weight excluding hydrogens is 367 g/mol. The van der Waals surface area contributed by atoms with Crippen LogP contribution < -0.4 is 5.32 Å². The Morgan fingerprint density at radius 3 is 2.81 bits per heavy atom. The van der Waals surface area contributed by atoms with Crippen LogP contribution in [0.1, 0.15) is 60.4 Å². The van der Waals surface area contributed by atoms with Crippen molar-refractivity contribution in [1.82, 2.24) is 15.1 Å². The fourth-order valence-corrected chi connectivity index (χ4v) is 4.26. The fourth-order valence-electron chi connectivity index (χ4n) is 3.37. The Bertz CT molecular complexity index is 822. The Kier molecular flexibility index (Phi) is 6.15. The first-order valence-electron chi connectivity index (χ1n) is 9.24. The standard InChI is InChI=1S/C19H23FN4O2S/c1-3-12(4-2)19(26)24-10-6-9-15(24)17-22-23-18(27-17)16(25)21-14-8-5-7-13(20)11-14/h5,7-8,11-12,15H,3-4,6,9-10H2,1-2H3,(H,21,25)/t15-/m0/s1. The average Bonchev–Trinajstić information content (AvgIpc) is 3.32. The SMILES string of the molecule is CCC(CC)C(=O)N1CCC[C@H]1c1nnc(C(=O)Nc2cccc(F)c2)s1. The van der Waals surface area contributed by atoms with E-state index in [1.54, 1.807) is 6.07 Å². The number of rotatable bonds is 6. The first kappa shape index (κ1) is 19.4. The number of nitrogens with zero attached hydrogens (tertiary/aromatic N) is 3. The second kappa shape index (κ2) is 8.56. The molecule has 144 valence electrons. The molecule has 0 saturated carbocycles. The van der Waals surface area contributed by atoms with E-state index in [0.29, 0.717) is 17.2 Å². The van der Waals surface area contributed by atoms with E-state index in [9.17, 15) is 14.0 Å². The van der Waals surface area contributed by atoms with Crippen molar-refractivity contribution < 1.29 is 14.0 Å². The molecule has 0 radical (unpaired) electrons. The Labute approximate surface area is 161 Å². The molecule has 0 spiro atoms. The van der Waals surface area contributed by atoms with Crippen molar-refractivity contribution in [1.29, 1.82) is 0 Å². The highest BCUT2D eigenvalue weighted by Crippen LogP contribution is 2.35. The molecule has 27 heavy (non-hydrogen) atoms. The molecule has 1 aliphatic rings. The molecule has 2 heterocycles. The van der Waals surface area contributed by atoms with Gasteiger partial charge in [-0.1, -0.05) is 31.3 Å². The van der Waals surface area contributed by atoms with Gasteiger partial charge < -0.3 is 10.2 Å². The summed E-state index contributed by atoms with van der Waals surface area (Å²) in [7, 11) is 0. The summed E-state index contributed by atoms with van der Waals surface area (Å²) >= 11 is 1.19. The minimum Gasteiger partial charge on any atom is -0.333 e. The van der Waals surface area contributed by atoms with E-state index in [4.69, 9.17) is 0 Å². The summed E-state index contributed by atoms with van der Waals surface area (Å²) in [6.45, 7) is 4.76. The molecule has 0 aliphatic carbocycles. The van der Waals surface area contributed by atoms with Crippen LogP contribution in [0, 0.1) is 11.7 Å². The summed E-state index contributed by atoms with van der Waals surface area (Å²) < 4.78 is 13.3. The minimum atomic E-state index is -0.430. The number of hydrogen-bond acceptors (Lipinski definition) is 5. The molecule has 1 atom stereocenters. The number of hydrogen-bond donors (Lipinski definition) is 1. The van der Waals surface area contributed by atoms with Crippen molar-refractivity contribution in [3.05, 3.63) is 40.1 Å². The van der Waals surface area contributed by atoms with Crippen molar-refractivity contribution in [2.75, 3.05) is 11.9 Å². The Morgan fingerprint density at radius 2 is 2.11 bits per heavy atom. The van der Waals surface area contributed by atoms with Crippen molar-refractivity contribution >= 4 is 28.8 Å². The van der Waals surface area contributed by atoms with E-state index in [-0.39, 0.29) is 22.9 Å². The Balaban J connectivity index is 1.72. The van der Waals surface area contributed by atoms with E-state index in [1.165, 1.54) is 29.5 Å². The van der Waals surface area contributed by atoms with E-state index in [0.717, 1.165) is 25.7 Å². The zero-order valence-corrected chi connectivity index (χ0v) is 16.3. The van der Waals surface area contributed by atoms with Gasteiger partial charge in [0.1, 0.15) is 10.8 Å². The van der Waals surface area contributed by atoms with Gasteiger partial charge in [-0.3, -0.25) is 9.59 Å². The zero-order chi connectivity index (χ0) is 19.4. The third-order valence-electron chi connectivity index (χ3n) is 4.87. The van der Waals surface area contributed by atoms with Crippen LogP contribution in [0.4, 0.5) is 10.1 Å². The first-order valence-corrected chi connectivity index (χ1v) is 10.1. The summed E-state index contributed by atoms with van der Waals surface area (Å²) in [5.74, 6) is -0.676. The van der Waals surface area contributed by atoms with Gasteiger partial charge in [0.25, 0.3) is 5.91 Å². The fraction of sp³-hybridized carbons (Fsp3) is 0.474. The monoisotopic (exact) mass is 390 g/mol. The number of benzene rings is 1. The van der Waals surface area contributed by atoms with Crippen LogP contribution in [0.15, 0.2) is 24.3 Å². The van der Waals surface area contributed by atoms with Crippen LogP contribution in [0.25, 0.3) is 0 Å². The van der Waals surface area contributed by atoms with Gasteiger partial charge in [0, 0.05) is 18.2 Å². The topological polar surface area (TPSA) is 75.2 Å². The number of amides is 2. The second-order valence-electron chi connectivity index (χ2n) is 6.61. The van der Waals surface area contributed by atoms with Gasteiger partial charge in [-0.15, -0.1) is 10.2 Å². The van der Waals surface area contributed by atoms with Crippen LogP contribution in [0.3, 0.4) is 0 Å². The maximum absolute atomic E-state index is 13.3. The van der Waals surface area contributed by atoms with Gasteiger partial charge >= 0.3 is 0 Å². The van der Waals surface area contributed by atoms with Crippen LogP contribution in [0.5, 0.6) is 0 Å². The number of halogens is 1. The molecule has 0 unspecified atom stereocenters. The number of carbonyl (C=O) groups is 2. The third kappa shape index (κ3) is 4.32. The number of likely N-dealkylation sites (tertiary alicyclic amines) is 1. The first-order chi connectivity index (χ1) is 13.0. The normalized spacial score (nSPS) is 16.7. The lowest BCUT2D eigenvalue weighted by molar-refractivity contribution is -0.136. The molecule has 1 aromatic carbocycles. The lowest BCUT2D eigenvalue weighted by atomic mass is 10.0. The minimum absolute atomic E-state index is 0.0225. The smallest absolute Gasteiger partial charge is 0.286 e. The van der Waals surface area contributed by atoms with Crippen LogP contribution in [-0.2, 0) is 4.79 Å². The third-order valence-corrected chi connectivity index (χ3v) is 5.90. The predicted octanol–water partition coefficient (Wildman–Crippen LogP) is 4.03. The molecule has 1 saturated heterocycles. The van der Waals surface area contributed by atoms with Gasteiger partial charge in [-0.2, -0.15) is 0 Å². The van der Waals surface area contributed by atoms with E-state index >= 15 is 0 Å². The summed E-state index contributed by atoms with van der Waals surface area (Å²) in [5, 5.41) is 11.6. The van der Waals surface area contributed by atoms with Crippen LogP contribution >= 0.6 is 11.3 Å². The number of anilines is 1. The lowest BCUT2D eigenvalue weighted by Crippen LogP contribution is -2.35. The van der Waals surface area contributed by atoms with Gasteiger partial charge in [-0.05, 0) is 43.9 Å². The van der Waals surface area contributed by atoms with Crippen molar-refractivity contribution in [3.8, 4) is 0 Å². The maximum atomic E-state index is 13.3. The van der Waals surface area contributed by atoms with Gasteiger partial charge in [0.05, 0.1) is 6.04 Å². The molecule has 2 aromatic rings. The Morgan fingerprint density at radius 1 is 1.33 bits per heavy atom. The molecule has 1 fully saturated rings. The summed E-state index contributed by atoms with van der Waals surface area (Å²) in [4.78, 5) is 27.0. The molecule has 3 rings (SSSR count). The molecule has 8 heteroatoms. The van der Waals surface area contributed by atoms with E-state index in [1.807, 2.05) is 18.7 Å². The molecule has 1 aliphatic heterocycles. The number of carbonyl (C=O) groups excluding carboxylic acids is 2. The summed E-state index contributed by atoms with van der Waals surface area (Å²) in [6.07, 6.45) is 3.37. The highest BCUT2D eigenvalue weighted by Gasteiger charge is 2.35. The molecule has 1 aromatic heterocycles. The van der Waals surface area contributed by atoms with Crippen molar-refractivity contribution in [2.45, 2.75) is 45.6 Å². The maximum Gasteiger partial charge on any atom is 0.286 e. The number of nitrogens with one attached hydrogen (secondary N) is 1. The quantitative estimate of drug-likeness (QED) is 0.808. The largest absolute Gasteiger partial charge is 0.333 e. The predicted molar refractivity (Wildman–Crippen MR) is 102 cm³/mol. The molecular formula is C19H23FN4O2S. The molecule has 2 amide bonds. The van der Waals surface area contributed by atoms with Crippen LogP contribution in [0.2, 0.25) is 0 Å². The average molecular weight is 390 g/mol. The lowest BCUT2D eigenvalue weighted by Gasteiger charge is -2.26. The van der Waals surface area contributed by atoms with Crippen molar-refractivity contribution in [3.63, 3.8) is 0 Å². The van der Waals surface area contributed by atoms with Crippen LogP contribution in [-0.4, -0.2) is 33.5 Å². The van der Waals surface area contributed by atoms with Gasteiger partial charge in [0.2, 0.25) is 10.9 Å². The van der Waals surface area contributed by atoms with Gasteiger partial charge in [-0.25, -0.2) is 4.39 Å². The summed E-state index contributed by atoms with van der Waals surface area (Å²) in [5.41, 5.74) is 0.364. The van der Waals surface area contributed by atoms with Gasteiger partial charge in [0.15, 0.2) is 0 Å².